The van der Waals surface area contributed by atoms with Crippen LogP contribution in [0.25, 0.3) is 0 Å². The molecular formula is C11H16Br2N2. The highest BCUT2D eigenvalue weighted by molar-refractivity contribution is 9.10. The molecule has 0 saturated carbocycles. The molecule has 0 aliphatic rings. The van der Waals surface area contributed by atoms with Crippen molar-refractivity contribution < 1.29 is 0 Å². The van der Waals surface area contributed by atoms with Crippen LogP contribution in [0, 0.1) is 0 Å². The number of nitrogens with zero attached hydrogens (tertiary/aromatic N) is 2. The van der Waals surface area contributed by atoms with Gasteiger partial charge < -0.3 is 4.90 Å². The van der Waals surface area contributed by atoms with Crippen LogP contribution >= 0.6 is 31.9 Å². The fourth-order valence-electron chi connectivity index (χ4n) is 1.43. The van der Waals surface area contributed by atoms with Crippen molar-refractivity contribution >= 4 is 37.7 Å². The van der Waals surface area contributed by atoms with Crippen LogP contribution in [0.2, 0.25) is 0 Å². The Hall–Kier alpha value is -0.0900. The molecule has 0 saturated heterocycles. The minimum absolute atomic E-state index is 0.468. The van der Waals surface area contributed by atoms with Gasteiger partial charge in [0, 0.05) is 24.1 Å². The molecular weight excluding hydrogens is 320 g/mol. The van der Waals surface area contributed by atoms with Crippen LogP contribution in [0.15, 0.2) is 22.8 Å². The third kappa shape index (κ3) is 3.76. The zero-order chi connectivity index (χ0) is 11.3. The molecule has 0 bridgehead atoms. The molecule has 2 nitrogen and oxygen atoms in total. The van der Waals surface area contributed by atoms with Crippen molar-refractivity contribution in [3.8, 4) is 0 Å². The quantitative estimate of drug-likeness (QED) is 0.760. The van der Waals surface area contributed by atoms with Gasteiger partial charge in [-0.1, -0.05) is 15.9 Å². The SMILES string of the molecule is CC(C)N(CCCBr)c1ncccc1Br. The molecule has 84 valence electrons. The van der Waals surface area contributed by atoms with Crippen LogP contribution in [-0.2, 0) is 0 Å². The predicted molar refractivity (Wildman–Crippen MR) is 72.8 cm³/mol. The Morgan fingerprint density at radius 3 is 2.73 bits per heavy atom. The lowest BCUT2D eigenvalue weighted by Gasteiger charge is -2.28. The van der Waals surface area contributed by atoms with Gasteiger partial charge in [0.2, 0.25) is 0 Å². The summed E-state index contributed by atoms with van der Waals surface area (Å²) in [6.45, 7) is 5.41. The van der Waals surface area contributed by atoms with E-state index in [1.807, 2.05) is 18.3 Å². The first-order valence-corrected chi connectivity index (χ1v) is 7.01. The predicted octanol–water partition coefficient (Wildman–Crippen LogP) is 3.84. The highest BCUT2D eigenvalue weighted by atomic mass is 79.9. The standard InChI is InChI=1S/C11H16Br2N2/c1-9(2)15(8-4-6-12)11-10(13)5-3-7-14-11/h3,5,7,9H,4,6,8H2,1-2H3. The van der Waals surface area contributed by atoms with Crippen molar-refractivity contribution in [3.05, 3.63) is 22.8 Å². The third-order valence-corrected chi connectivity index (χ3v) is 3.35. The minimum Gasteiger partial charge on any atom is -0.353 e. The van der Waals surface area contributed by atoms with E-state index in [2.05, 4.69) is 55.6 Å². The van der Waals surface area contributed by atoms with Crippen LogP contribution in [-0.4, -0.2) is 22.9 Å². The Bertz CT molecular complexity index is 302. The lowest BCUT2D eigenvalue weighted by atomic mass is 10.3. The van der Waals surface area contributed by atoms with E-state index < -0.39 is 0 Å². The maximum Gasteiger partial charge on any atom is 0.143 e. The van der Waals surface area contributed by atoms with E-state index in [0.29, 0.717) is 6.04 Å². The van der Waals surface area contributed by atoms with Gasteiger partial charge in [-0.05, 0) is 48.3 Å². The van der Waals surface area contributed by atoms with Gasteiger partial charge in [-0.2, -0.15) is 0 Å². The van der Waals surface area contributed by atoms with Crippen molar-refractivity contribution in [1.29, 1.82) is 0 Å². The fraction of sp³-hybridized carbons (Fsp3) is 0.545. The lowest BCUT2D eigenvalue weighted by Crippen LogP contribution is -2.32. The molecule has 0 radical (unpaired) electrons. The molecule has 1 rings (SSSR count). The number of halogens is 2. The first kappa shape index (κ1) is 13.0. The smallest absolute Gasteiger partial charge is 0.143 e. The maximum absolute atomic E-state index is 4.42. The molecule has 0 fully saturated rings. The molecule has 1 aromatic heterocycles. The summed E-state index contributed by atoms with van der Waals surface area (Å²) in [5.74, 6) is 1.04. The molecule has 1 aromatic rings. The van der Waals surface area contributed by atoms with Crippen molar-refractivity contribution in [1.82, 2.24) is 4.98 Å². The van der Waals surface area contributed by atoms with E-state index in [9.17, 15) is 0 Å². The normalized spacial score (nSPS) is 10.7. The van der Waals surface area contributed by atoms with Crippen LogP contribution < -0.4 is 4.90 Å². The van der Waals surface area contributed by atoms with Crippen molar-refractivity contribution in [3.63, 3.8) is 0 Å². The Morgan fingerprint density at radius 2 is 2.20 bits per heavy atom. The van der Waals surface area contributed by atoms with Gasteiger partial charge in [0.25, 0.3) is 0 Å². The van der Waals surface area contributed by atoms with E-state index in [1.165, 1.54) is 0 Å². The molecule has 0 aliphatic heterocycles. The summed E-state index contributed by atoms with van der Waals surface area (Å²) in [6.07, 6.45) is 2.96. The van der Waals surface area contributed by atoms with E-state index in [1.54, 1.807) is 0 Å². The summed E-state index contributed by atoms with van der Waals surface area (Å²) in [6, 6.07) is 4.44. The third-order valence-electron chi connectivity index (χ3n) is 2.17. The molecule has 0 amide bonds. The molecule has 15 heavy (non-hydrogen) atoms. The summed E-state index contributed by atoms with van der Waals surface area (Å²) in [4.78, 5) is 6.73. The van der Waals surface area contributed by atoms with Crippen molar-refractivity contribution in [2.45, 2.75) is 26.3 Å². The molecule has 4 heteroatoms. The monoisotopic (exact) mass is 334 g/mol. The lowest BCUT2D eigenvalue weighted by molar-refractivity contribution is 0.664. The van der Waals surface area contributed by atoms with Crippen LogP contribution in [0.5, 0.6) is 0 Å². The highest BCUT2D eigenvalue weighted by Crippen LogP contribution is 2.24. The number of hydrogen-bond acceptors (Lipinski definition) is 2. The summed E-state index contributed by atoms with van der Waals surface area (Å²) >= 11 is 7.00. The van der Waals surface area contributed by atoms with Gasteiger partial charge in [-0.25, -0.2) is 4.98 Å². The Morgan fingerprint density at radius 1 is 1.47 bits per heavy atom. The average Bonchev–Trinajstić information content (AvgIpc) is 2.20. The number of alkyl halides is 1. The van der Waals surface area contributed by atoms with Crippen molar-refractivity contribution in [2.75, 3.05) is 16.8 Å². The zero-order valence-electron chi connectivity index (χ0n) is 9.08. The topological polar surface area (TPSA) is 16.1 Å². The van der Waals surface area contributed by atoms with E-state index >= 15 is 0 Å². The Balaban J connectivity index is 2.84. The van der Waals surface area contributed by atoms with Crippen molar-refractivity contribution in [2.24, 2.45) is 0 Å². The van der Waals surface area contributed by atoms with Gasteiger partial charge in [0.1, 0.15) is 5.82 Å². The number of pyridine rings is 1. The van der Waals surface area contributed by atoms with E-state index in [0.717, 1.165) is 28.6 Å². The summed E-state index contributed by atoms with van der Waals surface area (Å²) in [5.41, 5.74) is 0. The highest BCUT2D eigenvalue weighted by Gasteiger charge is 2.13. The second kappa shape index (κ2) is 6.48. The second-order valence-corrected chi connectivity index (χ2v) is 5.29. The van der Waals surface area contributed by atoms with Gasteiger partial charge >= 0.3 is 0 Å². The maximum atomic E-state index is 4.42. The molecule has 0 atom stereocenters. The number of rotatable bonds is 5. The molecule has 0 spiro atoms. The number of aromatic nitrogens is 1. The summed E-state index contributed by atoms with van der Waals surface area (Å²) in [7, 11) is 0. The molecule has 0 unspecified atom stereocenters. The minimum atomic E-state index is 0.468. The fourth-order valence-corrected chi connectivity index (χ4v) is 2.16. The average molecular weight is 336 g/mol. The second-order valence-electron chi connectivity index (χ2n) is 3.64. The Kier molecular flexibility index (Phi) is 5.61. The molecule has 0 N–H and O–H groups in total. The molecule has 1 heterocycles. The first-order valence-electron chi connectivity index (χ1n) is 5.10. The van der Waals surface area contributed by atoms with Gasteiger partial charge in [-0.15, -0.1) is 0 Å². The summed E-state index contributed by atoms with van der Waals surface area (Å²) in [5, 5.41) is 1.03. The molecule has 0 aromatic carbocycles. The first-order chi connectivity index (χ1) is 7.16. The van der Waals surface area contributed by atoms with Crippen LogP contribution in [0.1, 0.15) is 20.3 Å². The van der Waals surface area contributed by atoms with E-state index in [4.69, 9.17) is 0 Å². The number of anilines is 1. The summed E-state index contributed by atoms with van der Waals surface area (Å²) < 4.78 is 1.06. The van der Waals surface area contributed by atoms with Gasteiger partial charge in [0.15, 0.2) is 0 Å². The number of hydrogen-bond donors (Lipinski definition) is 0. The van der Waals surface area contributed by atoms with Crippen LogP contribution in [0.4, 0.5) is 5.82 Å². The van der Waals surface area contributed by atoms with Gasteiger partial charge in [-0.3, -0.25) is 0 Å². The molecule has 0 aliphatic carbocycles. The zero-order valence-corrected chi connectivity index (χ0v) is 12.3. The van der Waals surface area contributed by atoms with Crippen LogP contribution in [0.3, 0.4) is 0 Å². The van der Waals surface area contributed by atoms with E-state index in [-0.39, 0.29) is 0 Å². The van der Waals surface area contributed by atoms with Gasteiger partial charge in [0.05, 0.1) is 4.47 Å². The Labute approximate surface area is 108 Å². The largest absolute Gasteiger partial charge is 0.353 e.